The van der Waals surface area contributed by atoms with E-state index in [0.29, 0.717) is 0 Å². The van der Waals surface area contributed by atoms with E-state index in [1.165, 1.54) is 0 Å². The fraction of sp³-hybridized carbons (Fsp3) is 0.200. The van der Waals surface area contributed by atoms with Crippen molar-refractivity contribution in [2.45, 2.75) is 6.04 Å². The van der Waals surface area contributed by atoms with E-state index in [-0.39, 0.29) is 6.04 Å². The highest BCUT2D eigenvalue weighted by molar-refractivity contribution is 5.31. The van der Waals surface area contributed by atoms with Crippen LogP contribution in [-0.4, -0.2) is 26.6 Å². The predicted octanol–water partition coefficient (Wildman–Crippen LogP) is 1.91. The summed E-state index contributed by atoms with van der Waals surface area (Å²) in [5, 5.41) is 12.2. The number of hydrogen-bond acceptors (Lipinski definition) is 3. The second-order valence-corrected chi connectivity index (χ2v) is 4.62. The molecule has 1 N–H and O–H groups in total. The molecule has 0 spiro atoms. The summed E-state index contributed by atoms with van der Waals surface area (Å²) in [7, 11) is 3.87. The number of para-hydroxylation sites is 1. The third-order valence-corrected chi connectivity index (χ3v) is 3.37. The molecule has 0 aliphatic rings. The monoisotopic (exact) mass is 267 g/mol. The van der Waals surface area contributed by atoms with E-state index in [1.807, 2.05) is 72.1 Å². The maximum atomic E-state index is 4.66. The van der Waals surface area contributed by atoms with Gasteiger partial charge in [-0.25, -0.2) is 4.68 Å². The summed E-state index contributed by atoms with van der Waals surface area (Å²) >= 11 is 0. The molecule has 0 saturated heterocycles. The lowest BCUT2D eigenvalue weighted by Crippen LogP contribution is -2.21. The zero-order chi connectivity index (χ0) is 13.9. The van der Waals surface area contributed by atoms with Crippen LogP contribution in [0.2, 0.25) is 0 Å². The van der Waals surface area contributed by atoms with Gasteiger partial charge in [0.05, 0.1) is 23.1 Å². The SMILES string of the molecule is CNC(c1ccn(-c2ccccc2)n1)c1ccnn1C. The average molecular weight is 267 g/mol. The maximum absolute atomic E-state index is 4.66. The van der Waals surface area contributed by atoms with Gasteiger partial charge >= 0.3 is 0 Å². The van der Waals surface area contributed by atoms with E-state index < -0.39 is 0 Å². The molecule has 0 aliphatic heterocycles. The molecule has 1 unspecified atom stereocenters. The highest BCUT2D eigenvalue weighted by Crippen LogP contribution is 2.20. The topological polar surface area (TPSA) is 47.7 Å². The van der Waals surface area contributed by atoms with Crippen LogP contribution in [-0.2, 0) is 7.05 Å². The largest absolute Gasteiger partial charge is 0.307 e. The third-order valence-electron chi connectivity index (χ3n) is 3.37. The quantitative estimate of drug-likeness (QED) is 0.785. The van der Waals surface area contributed by atoms with Crippen LogP contribution in [0, 0.1) is 0 Å². The molecule has 0 saturated carbocycles. The molecular weight excluding hydrogens is 250 g/mol. The lowest BCUT2D eigenvalue weighted by molar-refractivity contribution is 0.588. The number of aromatic nitrogens is 4. The van der Waals surface area contributed by atoms with Crippen LogP contribution >= 0.6 is 0 Å². The standard InChI is InChI=1S/C15H17N5/c1-16-15(14-8-10-17-19(14)2)13-9-11-20(18-13)12-6-4-3-5-7-12/h3-11,15-16H,1-2H3. The Kier molecular flexibility index (Phi) is 3.35. The fourth-order valence-corrected chi connectivity index (χ4v) is 2.33. The highest BCUT2D eigenvalue weighted by Gasteiger charge is 2.18. The van der Waals surface area contributed by atoms with Crippen molar-refractivity contribution < 1.29 is 0 Å². The summed E-state index contributed by atoms with van der Waals surface area (Å²) in [6.45, 7) is 0. The van der Waals surface area contributed by atoms with Crippen LogP contribution in [0.5, 0.6) is 0 Å². The molecule has 2 heterocycles. The van der Waals surface area contributed by atoms with E-state index >= 15 is 0 Å². The van der Waals surface area contributed by atoms with Gasteiger partial charge in [-0.2, -0.15) is 10.2 Å². The van der Waals surface area contributed by atoms with Crippen LogP contribution in [0.3, 0.4) is 0 Å². The zero-order valence-electron chi connectivity index (χ0n) is 11.6. The Labute approximate surface area is 117 Å². The molecule has 1 aromatic carbocycles. The smallest absolute Gasteiger partial charge is 0.0938 e. The van der Waals surface area contributed by atoms with Crippen molar-refractivity contribution in [2.75, 3.05) is 7.05 Å². The van der Waals surface area contributed by atoms with Crippen molar-refractivity contribution in [3.63, 3.8) is 0 Å². The Morgan fingerprint density at radius 1 is 1.10 bits per heavy atom. The van der Waals surface area contributed by atoms with Crippen molar-refractivity contribution in [1.29, 1.82) is 0 Å². The van der Waals surface area contributed by atoms with Crippen LogP contribution in [0.15, 0.2) is 54.9 Å². The van der Waals surface area contributed by atoms with Gasteiger partial charge in [0.2, 0.25) is 0 Å². The number of rotatable bonds is 4. The number of hydrogen-bond donors (Lipinski definition) is 1. The normalized spacial score (nSPS) is 12.5. The number of nitrogens with one attached hydrogen (secondary N) is 1. The second kappa shape index (κ2) is 5.30. The molecular formula is C15H17N5. The molecule has 2 aromatic heterocycles. The molecule has 3 aromatic rings. The molecule has 0 fully saturated rings. The van der Waals surface area contributed by atoms with Gasteiger partial charge in [-0.3, -0.25) is 4.68 Å². The van der Waals surface area contributed by atoms with E-state index in [9.17, 15) is 0 Å². The van der Waals surface area contributed by atoms with Gasteiger partial charge in [0, 0.05) is 19.4 Å². The Bertz CT molecular complexity index is 683. The summed E-state index contributed by atoms with van der Waals surface area (Å²) in [5.74, 6) is 0. The molecule has 102 valence electrons. The summed E-state index contributed by atoms with van der Waals surface area (Å²) in [6, 6.07) is 14.2. The van der Waals surface area contributed by atoms with Gasteiger partial charge in [0.1, 0.15) is 0 Å². The molecule has 1 atom stereocenters. The molecule has 0 amide bonds. The average Bonchev–Trinajstić information content (AvgIpc) is 3.12. The maximum Gasteiger partial charge on any atom is 0.0938 e. The van der Waals surface area contributed by atoms with Crippen molar-refractivity contribution >= 4 is 0 Å². The Hall–Kier alpha value is -2.40. The van der Waals surface area contributed by atoms with Crippen molar-refractivity contribution in [1.82, 2.24) is 24.9 Å². The first kappa shape index (κ1) is 12.6. The number of nitrogens with zero attached hydrogens (tertiary/aromatic N) is 4. The Balaban J connectivity index is 1.95. The van der Waals surface area contributed by atoms with Gasteiger partial charge in [-0.05, 0) is 31.3 Å². The Morgan fingerprint density at radius 3 is 2.55 bits per heavy atom. The summed E-state index contributed by atoms with van der Waals surface area (Å²) in [4.78, 5) is 0. The Morgan fingerprint density at radius 2 is 1.90 bits per heavy atom. The van der Waals surface area contributed by atoms with Crippen LogP contribution in [0.25, 0.3) is 5.69 Å². The molecule has 0 aliphatic carbocycles. The summed E-state index contributed by atoms with van der Waals surface area (Å²) in [5.41, 5.74) is 3.12. The van der Waals surface area contributed by atoms with Crippen molar-refractivity contribution in [3.05, 3.63) is 66.2 Å². The lowest BCUT2D eigenvalue weighted by atomic mass is 10.1. The second-order valence-electron chi connectivity index (χ2n) is 4.62. The molecule has 5 heteroatoms. The molecule has 3 rings (SSSR count). The van der Waals surface area contributed by atoms with Gasteiger partial charge in [0.15, 0.2) is 0 Å². The minimum absolute atomic E-state index is 0.0347. The first-order valence-electron chi connectivity index (χ1n) is 6.56. The van der Waals surface area contributed by atoms with E-state index in [2.05, 4.69) is 15.5 Å². The minimum atomic E-state index is 0.0347. The van der Waals surface area contributed by atoms with Gasteiger partial charge in [0.25, 0.3) is 0 Å². The highest BCUT2D eigenvalue weighted by atomic mass is 15.3. The molecule has 5 nitrogen and oxygen atoms in total. The van der Waals surface area contributed by atoms with Gasteiger partial charge in [-0.15, -0.1) is 0 Å². The van der Waals surface area contributed by atoms with Crippen molar-refractivity contribution in [3.8, 4) is 5.69 Å². The predicted molar refractivity (Wildman–Crippen MR) is 77.7 cm³/mol. The zero-order valence-corrected chi connectivity index (χ0v) is 11.6. The number of aryl methyl sites for hydroxylation is 1. The fourth-order valence-electron chi connectivity index (χ4n) is 2.33. The van der Waals surface area contributed by atoms with Crippen LogP contribution in [0.4, 0.5) is 0 Å². The van der Waals surface area contributed by atoms with Gasteiger partial charge in [-0.1, -0.05) is 18.2 Å². The minimum Gasteiger partial charge on any atom is -0.307 e. The molecule has 0 bridgehead atoms. The molecule has 0 radical (unpaired) electrons. The van der Waals surface area contributed by atoms with E-state index in [0.717, 1.165) is 17.1 Å². The summed E-state index contributed by atoms with van der Waals surface area (Å²) < 4.78 is 3.75. The first-order valence-corrected chi connectivity index (χ1v) is 6.56. The van der Waals surface area contributed by atoms with Crippen LogP contribution < -0.4 is 5.32 Å². The lowest BCUT2D eigenvalue weighted by Gasteiger charge is -2.14. The van der Waals surface area contributed by atoms with Crippen LogP contribution in [0.1, 0.15) is 17.4 Å². The molecule has 20 heavy (non-hydrogen) atoms. The first-order chi connectivity index (χ1) is 9.79. The van der Waals surface area contributed by atoms with E-state index in [1.54, 1.807) is 6.20 Å². The van der Waals surface area contributed by atoms with Gasteiger partial charge < -0.3 is 5.32 Å². The van der Waals surface area contributed by atoms with E-state index in [4.69, 9.17) is 0 Å². The number of benzene rings is 1. The third kappa shape index (κ3) is 2.23. The summed E-state index contributed by atoms with van der Waals surface area (Å²) in [6.07, 6.45) is 3.78. The van der Waals surface area contributed by atoms with Crippen molar-refractivity contribution in [2.24, 2.45) is 7.05 Å².